The van der Waals surface area contributed by atoms with Gasteiger partial charge in [0.1, 0.15) is 34.5 Å². The Morgan fingerprint density at radius 1 is 0.476 bits per heavy atom. The van der Waals surface area contributed by atoms with Crippen molar-refractivity contribution in [2.45, 2.75) is 130 Å². The predicted octanol–water partition coefficient (Wildman–Crippen LogP) is 3.08. The molecule has 0 aromatic heterocycles. The van der Waals surface area contributed by atoms with Gasteiger partial charge < -0.3 is 39.1 Å². The number of nitrogens with one attached hydrogen (secondary N) is 2. The first kappa shape index (κ1) is 39.7. The van der Waals surface area contributed by atoms with Gasteiger partial charge in [0, 0.05) is 13.1 Å². The van der Waals surface area contributed by atoms with Crippen LogP contribution in [0.4, 0.5) is 0 Å². The standard InChI is InChI=1S/C30H56N2O10/c1-27(2,3)39-23(33)19-21(25(35)41-29(7,8)9)31-13-15-37-17-18-38-16-14-32-22(26(36)42-30(10,11)12)20-24(34)40-28(4,5)6/h21-22,31-32H,13-20H2,1-12H3/t21-,22-/m0/s1. The maximum Gasteiger partial charge on any atom is 0.324 e. The maximum atomic E-state index is 12.6. The van der Waals surface area contributed by atoms with E-state index in [1.165, 1.54) is 0 Å². The van der Waals surface area contributed by atoms with Crippen molar-refractivity contribution in [1.82, 2.24) is 10.6 Å². The van der Waals surface area contributed by atoms with E-state index >= 15 is 0 Å². The number of carbonyl (C=O) groups is 4. The molecule has 0 bridgehead atoms. The lowest BCUT2D eigenvalue weighted by Crippen LogP contribution is -2.45. The minimum atomic E-state index is -0.872. The third-order valence-electron chi connectivity index (χ3n) is 4.61. The Labute approximate surface area is 252 Å². The Balaban J connectivity index is 4.54. The molecule has 2 N–H and O–H groups in total. The number of rotatable bonds is 17. The highest BCUT2D eigenvalue weighted by molar-refractivity contribution is 5.83. The number of hydrogen-bond acceptors (Lipinski definition) is 12. The van der Waals surface area contributed by atoms with E-state index in [-0.39, 0.29) is 39.3 Å². The zero-order chi connectivity index (χ0) is 32.8. The monoisotopic (exact) mass is 604 g/mol. The molecule has 0 radical (unpaired) electrons. The van der Waals surface area contributed by atoms with Crippen molar-refractivity contribution in [3.63, 3.8) is 0 Å². The molecule has 2 atom stereocenters. The summed E-state index contributed by atoms with van der Waals surface area (Å²) < 4.78 is 32.7. The van der Waals surface area contributed by atoms with Gasteiger partial charge in [-0.05, 0) is 83.1 Å². The van der Waals surface area contributed by atoms with Crippen LogP contribution in [0.15, 0.2) is 0 Å². The van der Waals surface area contributed by atoms with Crippen molar-refractivity contribution in [3.05, 3.63) is 0 Å². The molecule has 42 heavy (non-hydrogen) atoms. The summed E-state index contributed by atoms with van der Waals surface area (Å²) in [6, 6.07) is -1.74. The van der Waals surface area contributed by atoms with E-state index in [0.29, 0.717) is 13.1 Å². The smallest absolute Gasteiger partial charge is 0.324 e. The molecule has 0 amide bonds. The molecule has 0 aliphatic carbocycles. The van der Waals surface area contributed by atoms with Gasteiger partial charge in [0.2, 0.25) is 0 Å². The lowest BCUT2D eigenvalue weighted by atomic mass is 10.1. The number of esters is 4. The summed E-state index contributed by atoms with van der Waals surface area (Å²) in [5.41, 5.74) is -2.72. The van der Waals surface area contributed by atoms with E-state index in [1.54, 1.807) is 83.1 Å². The Morgan fingerprint density at radius 2 is 0.762 bits per heavy atom. The first-order valence-electron chi connectivity index (χ1n) is 14.5. The summed E-state index contributed by atoms with van der Waals surface area (Å²) in [7, 11) is 0. The van der Waals surface area contributed by atoms with Crippen molar-refractivity contribution >= 4 is 23.9 Å². The molecule has 246 valence electrons. The Hall–Kier alpha value is -2.28. The Kier molecular flexibility index (Phi) is 16.8. The molecule has 0 saturated carbocycles. The Morgan fingerprint density at radius 3 is 1.02 bits per heavy atom. The second kappa shape index (κ2) is 17.7. The highest BCUT2D eigenvalue weighted by Crippen LogP contribution is 2.14. The average molecular weight is 605 g/mol. The maximum absolute atomic E-state index is 12.6. The molecule has 0 fully saturated rings. The summed E-state index contributed by atoms with van der Waals surface area (Å²) in [6.45, 7) is 22.8. The van der Waals surface area contributed by atoms with Crippen LogP contribution in [0.5, 0.6) is 0 Å². The van der Waals surface area contributed by atoms with Crippen molar-refractivity contribution in [1.29, 1.82) is 0 Å². The number of hydrogen-bond donors (Lipinski definition) is 2. The van der Waals surface area contributed by atoms with E-state index in [2.05, 4.69) is 10.6 Å². The molecule has 0 aliphatic rings. The number of ether oxygens (including phenoxy) is 6. The fourth-order valence-corrected chi connectivity index (χ4v) is 3.26. The fourth-order valence-electron chi connectivity index (χ4n) is 3.26. The lowest BCUT2D eigenvalue weighted by Gasteiger charge is -2.26. The average Bonchev–Trinajstić information content (AvgIpc) is 2.73. The second-order valence-electron chi connectivity index (χ2n) is 13.9. The first-order chi connectivity index (χ1) is 19.0. The molecule has 12 nitrogen and oxygen atoms in total. The van der Waals surface area contributed by atoms with Gasteiger partial charge in [0.25, 0.3) is 0 Å². The molecule has 0 aromatic rings. The van der Waals surface area contributed by atoms with Crippen LogP contribution >= 0.6 is 0 Å². The summed E-state index contributed by atoms with van der Waals surface area (Å²) in [4.78, 5) is 49.7. The molecule has 0 spiro atoms. The van der Waals surface area contributed by atoms with Crippen LogP contribution in [0.1, 0.15) is 95.9 Å². The van der Waals surface area contributed by atoms with Crippen molar-refractivity contribution in [2.24, 2.45) is 0 Å². The molecule has 0 saturated heterocycles. The van der Waals surface area contributed by atoms with Gasteiger partial charge >= 0.3 is 23.9 Å². The third-order valence-corrected chi connectivity index (χ3v) is 4.61. The van der Waals surface area contributed by atoms with Crippen LogP contribution < -0.4 is 10.6 Å². The lowest BCUT2D eigenvalue weighted by molar-refractivity contribution is -0.164. The largest absolute Gasteiger partial charge is 0.460 e. The normalized spacial score (nSPS) is 14.1. The van der Waals surface area contributed by atoms with Gasteiger partial charge in [0.05, 0.1) is 39.3 Å². The highest BCUT2D eigenvalue weighted by atomic mass is 16.6. The molecule has 0 rings (SSSR count). The quantitative estimate of drug-likeness (QED) is 0.143. The summed E-state index contributed by atoms with van der Waals surface area (Å²) >= 11 is 0. The minimum absolute atomic E-state index is 0.166. The molecule has 0 unspecified atom stereocenters. The van der Waals surface area contributed by atoms with Crippen molar-refractivity contribution in [3.8, 4) is 0 Å². The molecule has 0 aromatic carbocycles. The van der Waals surface area contributed by atoms with Crippen molar-refractivity contribution in [2.75, 3.05) is 39.5 Å². The van der Waals surface area contributed by atoms with E-state index < -0.39 is 58.4 Å². The summed E-state index contributed by atoms with van der Waals surface area (Å²) in [5, 5.41) is 6.01. The van der Waals surface area contributed by atoms with Crippen molar-refractivity contribution < 1.29 is 47.6 Å². The van der Waals surface area contributed by atoms with Crippen LogP contribution in [0.25, 0.3) is 0 Å². The highest BCUT2D eigenvalue weighted by Gasteiger charge is 2.30. The van der Waals surface area contributed by atoms with Crippen LogP contribution in [-0.4, -0.2) is 97.9 Å². The van der Waals surface area contributed by atoms with E-state index in [0.717, 1.165) is 0 Å². The van der Waals surface area contributed by atoms with Gasteiger partial charge in [-0.1, -0.05) is 0 Å². The van der Waals surface area contributed by atoms with Gasteiger partial charge in [0.15, 0.2) is 0 Å². The second-order valence-corrected chi connectivity index (χ2v) is 13.9. The van der Waals surface area contributed by atoms with E-state index in [4.69, 9.17) is 28.4 Å². The fraction of sp³-hybridized carbons (Fsp3) is 0.867. The molecule has 12 heteroatoms. The topological polar surface area (TPSA) is 148 Å². The van der Waals surface area contributed by atoms with Gasteiger partial charge in [-0.2, -0.15) is 0 Å². The van der Waals surface area contributed by atoms with Gasteiger partial charge in [-0.15, -0.1) is 0 Å². The summed E-state index contributed by atoms with van der Waals surface area (Å²) in [6.07, 6.45) is -0.332. The first-order valence-corrected chi connectivity index (χ1v) is 14.5. The molecular formula is C30H56N2O10. The number of carbonyl (C=O) groups excluding carboxylic acids is 4. The van der Waals surface area contributed by atoms with Crippen LogP contribution in [0.3, 0.4) is 0 Å². The zero-order valence-electron chi connectivity index (χ0n) is 27.9. The molecule has 0 heterocycles. The summed E-state index contributed by atoms with van der Waals surface area (Å²) in [5.74, 6) is -2.09. The third kappa shape index (κ3) is 23.3. The minimum Gasteiger partial charge on any atom is -0.460 e. The van der Waals surface area contributed by atoms with E-state index in [9.17, 15) is 19.2 Å². The molecular weight excluding hydrogens is 548 g/mol. The zero-order valence-corrected chi connectivity index (χ0v) is 27.9. The van der Waals surface area contributed by atoms with Crippen LogP contribution in [0, 0.1) is 0 Å². The van der Waals surface area contributed by atoms with Gasteiger partial charge in [-0.3, -0.25) is 19.2 Å². The van der Waals surface area contributed by atoms with E-state index in [1.807, 2.05) is 0 Å². The predicted molar refractivity (Wildman–Crippen MR) is 158 cm³/mol. The van der Waals surface area contributed by atoms with Crippen LogP contribution in [-0.2, 0) is 47.6 Å². The Bertz CT molecular complexity index is 778. The van der Waals surface area contributed by atoms with Crippen LogP contribution in [0.2, 0.25) is 0 Å². The van der Waals surface area contributed by atoms with Gasteiger partial charge in [-0.25, -0.2) is 0 Å². The SMILES string of the molecule is CC(C)(C)OC(=O)C[C@H](NCCOCCOCCN[C@@H](CC(=O)OC(C)(C)C)C(=O)OC(C)(C)C)C(=O)OC(C)(C)C. The molecule has 0 aliphatic heterocycles.